The highest BCUT2D eigenvalue weighted by Crippen LogP contribution is 2.24. The van der Waals surface area contributed by atoms with E-state index in [4.69, 9.17) is 9.84 Å². The molecule has 144 valence electrons. The maximum absolute atomic E-state index is 12.0. The molecule has 0 saturated heterocycles. The number of carbonyl (C=O) groups excluding carboxylic acids is 1. The van der Waals surface area contributed by atoms with E-state index in [0.717, 1.165) is 0 Å². The van der Waals surface area contributed by atoms with Gasteiger partial charge in [0.25, 0.3) is 0 Å². The number of aliphatic hydroxyl groups excluding tert-OH is 1. The molecule has 0 bridgehead atoms. The van der Waals surface area contributed by atoms with Gasteiger partial charge in [-0.1, -0.05) is 12.1 Å². The summed E-state index contributed by atoms with van der Waals surface area (Å²) in [5.41, 5.74) is 0.672. The molecule has 26 heavy (non-hydrogen) atoms. The standard InChI is InChI=1S/C19H28N2O5/c1-12(2)26-16-5-3-4-14(10-16)17(22)11-20-19(25)21-15-8-6-13(7-9-15)18(23)24/h3-5,10,12-13,15,17,22H,6-9,11H2,1-2H3,(H,23,24)(H2,20,21,25). The third kappa shape index (κ3) is 6.22. The Morgan fingerprint density at radius 2 is 1.92 bits per heavy atom. The number of aliphatic carboxylic acids is 1. The molecule has 7 nitrogen and oxygen atoms in total. The van der Waals surface area contributed by atoms with Gasteiger partial charge in [0.2, 0.25) is 0 Å². The minimum Gasteiger partial charge on any atom is -0.491 e. The van der Waals surface area contributed by atoms with E-state index in [9.17, 15) is 14.7 Å². The van der Waals surface area contributed by atoms with E-state index in [1.54, 1.807) is 18.2 Å². The number of hydrogen-bond acceptors (Lipinski definition) is 4. The zero-order valence-electron chi connectivity index (χ0n) is 15.3. The summed E-state index contributed by atoms with van der Waals surface area (Å²) in [4.78, 5) is 22.9. The summed E-state index contributed by atoms with van der Waals surface area (Å²) in [6, 6.07) is 6.80. The van der Waals surface area contributed by atoms with E-state index >= 15 is 0 Å². The Kier molecular flexibility index (Phi) is 7.26. The Morgan fingerprint density at radius 3 is 2.54 bits per heavy atom. The highest BCUT2D eigenvalue weighted by molar-refractivity contribution is 5.74. The summed E-state index contributed by atoms with van der Waals surface area (Å²) in [6.45, 7) is 3.94. The summed E-state index contributed by atoms with van der Waals surface area (Å²) in [7, 11) is 0. The molecule has 2 amide bonds. The van der Waals surface area contributed by atoms with Crippen LogP contribution in [-0.2, 0) is 4.79 Å². The number of benzene rings is 1. The molecular formula is C19H28N2O5. The van der Waals surface area contributed by atoms with Gasteiger partial charge >= 0.3 is 12.0 Å². The molecule has 1 aliphatic rings. The molecule has 0 aromatic heterocycles. The van der Waals surface area contributed by atoms with Crippen LogP contribution in [0.5, 0.6) is 5.75 Å². The largest absolute Gasteiger partial charge is 0.491 e. The van der Waals surface area contributed by atoms with Crippen molar-refractivity contribution < 1.29 is 24.5 Å². The topological polar surface area (TPSA) is 108 Å². The number of rotatable bonds is 7. The molecule has 1 aliphatic carbocycles. The van der Waals surface area contributed by atoms with Gasteiger partial charge in [-0.05, 0) is 57.2 Å². The van der Waals surface area contributed by atoms with Gasteiger partial charge in [-0.2, -0.15) is 0 Å². The first-order valence-electron chi connectivity index (χ1n) is 9.07. The third-order valence-electron chi connectivity index (χ3n) is 4.48. The van der Waals surface area contributed by atoms with Crippen LogP contribution in [0.25, 0.3) is 0 Å². The van der Waals surface area contributed by atoms with Crippen molar-refractivity contribution in [3.63, 3.8) is 0 Å². The van der Waals surface area contributed by atoms with Gasteiger partial charge < -0.3 is 25.6 Å². The number of carboxylic acids is 1. The van der Waals surface area contributed by atoms with Crippen LogP contribution in [0, 0.1) is 5.92 Å². The Labute approximate surface area is 153 Å². The third-order valence-corrected chi connectivity index (χ3v) is 4.48. The monoisotopic (exact) mass is 364 g/mol. The highest BCUT2D eigenvalue weighted by Gasteiger charge is 2.26. The molecule has 0 radical (unpaired) electrons. The van der Waals surface area contributed by atoms with E-state index in [0.29, 0.717) is 37.0 Å². The molecule has 4 N–H and O–H groups in total. The second kappa shape index (κ2) is 9.43. The molecule has 0 spiro atoms. The fourth-order valence-corrected chi connectivity index (χ4v) is 3.10. The molecule has 7 heteroatoms. The Bertz CT molecular complexity index is 612. The minimum atomic E-state index is -0.834. The lowest BCUT2D eigenvalue weighted by atomic mass is 9.86. The van der Waals surface area contributed by atoms with Crippen LogP contribution in [0.4, 0.5) is 4.79 Å². The summed E-state index contributed by atoms with van der Waals surface area (Å²) in [6.07, 6.45) is 1.67. The van der Waals surface area contributed by atoms with Crippen molar-refractivity contribution in [2.45, 2.75) is 57.8 Å². The van der Waals surface area contributed by atoms with Gasteiger partial charge in [0.05, 0.1) is 18.1 Å². The average molecular weight is 364 g/mol. The molecule has 0 aliphatic heterocycles. The van der Waals surface area contributed by atoms with Crippen LogP contribution >= 0.6 is 0 Å². The summed E-state index contributed by atoms with van der Waals surface area (Å²) >= 11 is 0. The lowest BCUT2D eigenvalue weighted by molar-refractivity contribution is -0.142. The lowest BCUT2D eigenvalue weighted by Gasteiger charge is -2.27. The molecule has 0 heterocycles. The van der Waals surface area contributed by atoms with Crippen LogP contribution < -0.4 is 15.4 Å². The smallest absolute Gasteiger partial charge is 0.315 e. The number of hydrogen-bond donors (Lipinski definition) is 4. The Balaban J connectivity index is 1.76. The van der Waals surface area contributed by atoms with Crippen LogP contribution in [0.15, 0.2) is 24.3 Å². The van der Waals surface area contributed by atoms with Crippen LogP contribution in [0.3, 0.4) is 0 Å². The van der Waals surface area contributed by atoms with Crippen molar-refractivity contribution in [3.8, 4) is 5.75 Å². The van der Waals surface area contributed by atoms with E-state index in [1.807, 2.05) is 19.9 Å². The second-order valence-corrected chi connectivity index (χ2v) is 7.00. The van der Waals surface area contributed by atoms with Gasteiger partial charge in [0.1, 0.15) is 5.75 Å². The van der Waals surface area contributed by atoms with Crippen molar-refractivity contribution in [2.24, 2.45) is 5.92 Å². The van der Waals surface area contributed by atoms with Crippen molar-refractivity contribution in [1.82, 2.24) is 10.6 Å². The molecular weight excluding hydrogens is 336 g/mol. The molecule has 1 unspecified atom stereocenters. The normalized spacial score (nSPS) is 21.1. The fraction of sp³-hybridized carbons (Fsp3) is 0.579. The van der Waals surface area contributed by atoms with Gasteiger partial charge in [-0.15, -0.1) is 0 Å². The number of ether oxygens (including phenoxy) is 1. The Morgan fingerprint density at radius 1 is 1.23 bits per heavy atom. The first kappa shape index (κ1) is 20.0. The van der Waals surface area contributed by atoms with E-state index in [-0.39, 0.29) is 30.6 Å². The first-order valence-corrected chi connectivity index (χ1v) is 9.07. The Hall–Kier alpha value is -2.28. The summed E-state index contributed by atoms with van der Waals surface area (Å²) in [5, 5.41) is 24.8. The highest BCUT2D eigenvalue weighted by atomic mass is 16.5. The summed E-state index contributed by atoms with van der Waals surface area (Å²) in [5.74, 6) is -0.394. The average Bonchev–Trinajstić information content (AvgIpc) is 2.59. The number of amides is 2. The van der Waals surface area contributed by atoms with Gasteiger partial charge in [0.15, 0.2) is 0 Å². The van der Waals surface area contributed by atoms with Crippen molar-refractivity contribution in [2.75, 3.05) is 6.54 Å². The minimum absolute atomic E-state index is 0.0227. The lowest BCUT2D eigenvalue weighted by Crippen LogP contribution is -2.45. The first-order chi connectivity index (χ1) is 12.3. The quantitative estimate of drug-likeness (QED) is 0.594. The molecule has 2 rings (SSSR count). The van der Waals surface area contributed by atoms with Gasteiger partial charge in [-0.3, -0.25) is 4.79 Å². The van der Waals surface area contributed by atoms with Crippen molar-refractivity contribution in [1.29, 1.82) is 0 Å². The number of urea groups is 1. The number of aliphatic hydroxyl groups is 1. The molecule has 1 aromatic rings. The molecule has 1 saturated carbocycles. The SMILES string of the molecule is CC(C)Oc1cccc(C(O)CNC(=O)NC2CCC(C(=O)O)CC2)c1. The maximum Gasteiger partial charge on any atom is 0.315 e. The second-order valence-electron chi connectivity index (χ2n) is 7.00. The predicted octanol–water partition coefficient (Wildman–Crippen LogP) is 2.45. The van der Waals surface area contributed by atoms with Crippen molar-refractivity contribution in [3.05, 3.63) is 29.8 Å². The molecule has 1 fully saturated rings. The van der Waals surface area contributed by atoms with Crippen LogP contribution in [0.2, 0.25) is 0 Å². The summed E-state index contributed by atoms with van der Waals surface area (Å²) < 4.78 is 5.60. The predicted molar refractivity (Wildman–Crippen MR) is 97.1 cm³/mol. The van der Waals surface area contributed by atoms with E-state index in [1.165, 1.54) is 0 Å². The maximum atomic E-state index is 12.0. The fourth-order valence-electron chi connectivity index (χ4n) is 3.10. The van der Waals surface area contributed by atoms with Crippen LogP contribution in [-0.4, -0.2) is 40.9 Å². The van der Waals surface area contributed by atoms with E-state index in [2.05, 4.69) is 10.6 Å². The molecule has 1 aromatic carbocycles. The molecule has 1 atom stereocenters. The van der Waals surface area contributed by atoms with Gasteiger partial charge in [-0.25, -0.2) is 4.79 Å². The number of nitrogens with one attached hydrogen (secondary N) is 2. The zero-order chi connectivity index (χ0) is 19.1. The number of carbonyl (C=O) groups is 2. The number of carboxylic acid groups (broad SMARTS) is 1. The zero-order valence-corrected chi connectivity index (χ0v) is 15.3. The van der Waals surface area contributed by atoms with E-state index < -0.39 is 12.1 Å². The van der Waals surface area contributed by atoms with Crippen molar-refractivity contribution >= 4 is 12.0 Å². The van der Waals surface area contributed by atoms with Crippen LogP contribution in [0.1, 0.15) is 51.2 Å². The van der Waals surface area contributed by atoms with Gasteiger partial charge in [0, 0.05) is 12.6 Å².